The van der Waals surface area contributed by atoms with E-state index in [1.165, 1.54) is 37.8 Å². The molecule has 0 unspecified atom stereocenters. The van der Waals surface area contributed by atoms with Crippen LogP contribution in [0, 0.1) is 40.8 Å². The van der Waals surface area contributed by atoms with Crippen molar-refractivity contribution in [2.45, 2.75) is 70.3 Å². The van der Waals surface area contributed by atoms with Crippen molar-refractivity contribution in [1.82, 2.24) is 0 Å². The normalized spacial score (nSPS) is 17.0. The number of unbranched alkanes of at least 4 members (excludes halogenated alkanes) is 2. The summed E-state index contributed by atoms with van der Waals surface area (Å²) in [4.78, 5) is 0. The average molecular weight is 633 g/mol. The van der Waals surface area contributed by atoms with E-state index in [4.69, 9.17) is 0 Å². The third-order valence-electron chi connectivity index (χ3n) is 8.59. The Morgan fingerprint density at radius 1 is 0.622 bits per heavy atom. The van der Waals surface area contributed by atoms with E-state index in [1.54, 1.807) is 6.07 Å². The fourth-order valence-electron chi connectivity index (χ4n) is 6.15. The van der Waals surface area contributed by atoms with Crippen LogP contribution >= 0.6 is 0 Å². The molecule has 1 aliphatic rings. The smallest absolute Gasteiger partial charge is 0.429 e. The Kier molecular flexibility index (Phi) is 9.85. The SMILES string of the molecule is CCCCCC1CCC(c2ccc(-c3cc(F)c(C(F)(F)Oc4ccc(-c5ccc(F)c(F)c5)c(F)c4)c(F)c3)c(F)c2)CC1. The van der Waals surface area contributed by atoms with Gasteiger partial charge in [0.1, 0.15) is 34.6 Å². The Morgan fingerprint density at radius 2 is 1.24 bits per heavy atom. The van der Waals surface area contributed by atoms with Crippen molar-refractivity contribution in [3.63, 3.8) is 0 Å². The summed E-state index contributed by atoms with van der Waals surface area (Å²) >= 11 is 0. The molecule has 0 bridgehead atoms. The Bertz CT molecular complexity index is 1640. The number of alkyl halides is 2. The van der Waals surface area contributed by atoms with Crippen LogP contribution in [-0.4, -0.2) is 0 Å². The summed E-state index contributed by atoms with van der Waals surface area (Å²) in [6, 6.07) is 10.7. The standard InChI is InChI=1S/C36H32F8O/c1-2-3-4-5-21-6-8-22(9-7-21)23-10-13-28(30(38)16-23)25-18-33(41)35(34(42)19-25)36(43,44)45-26-12-14-27(31(39)20-26)24-11-15-29(37)32(40)17-24/h10-22H,2-9H2,1H3. The van der Waals surface area contributed by atoms with E-state index in [9.17, 15) is 13.2 Å². The van der Waals surface area contributed by atoms with Gasteiger partial charge in [0, 0.05) is 17.2 Å². The number of hydrogen-bond donors (Lipinski definition) is 0. The fourth-order valence-corrected chi connectivity index (χ4v) is 6.15. The molecule has 0 amide bonds. The lowest BCUT2D eigenvalue weighted by atomic mass is 9.77. The molecule has 4 aromatic carbocycles. The lowest BCUT2D eigenvalue weighted by molar-refractivity contribution is -0.189. The van der Waals surface area contributed by atoms with Gasteiger partial charge in [-0.05, 0) is 96.7 Å². The third kappa shape index (κ3) is 7.34. The first-order chi connectivity index (χ1) is 21.5. The molecule has 0 N–H and O–H groups in total. The van der Waals surface area contributed by atoms with Crippen LogP contribution in [0.1, 0.15) is 75.3 Å². The van der Waals surface area contributed by atoms with Crippen molar-refractivity contribution >= 4 is 0 Å². The zero-order valence-corrected chi connectivity index (χ0v) is 24.6. The van der Waals surface area contributed by atoms with Crippen LogP contribution < -0.4 is 4.74 Å². The maximum absolute atomic E-state index is 15.2. The Hall–Kier alpha value is -3.88. The highest BCUT2D eigenvalue weighted by molar-refractivity contribution is 5.66. The number of hydrogen-bond acceptors (Lipinski definition) is 1. The lowest BCUT2D eigenvalue weighted by Gasteiger charge is -2.29. The van der Waals surface area contributed by atoms with Crippen LogP contribution in [0.2, 0.25) is 0 Å². The lowest BCUT2D eigenvalue weighted by Crippen LogP contribution is -2.25. The first kappa shape index (κ1) is 32.5. The minimum Gasteiger partial charge on any atom is -0.429 e. The van der Waals surface area contributed by atoms with Crippen LogP contribution in [-0.2, 0) is 6.11 Å². The predicted molar refractivity (Wildman–Crippen MR) is 157 cm³/mol. The minimum atomic E-state index is -4.58. The molecule has 0 spiro atoms. The van der Waals surface area contributed by atoms with E-state index in [2.05, 4.69) is 11.7 Å². The molecule has 5 rings (SSSR count). The summed E-state index contributed by atoms with van der Waals surface area (Å²) in [5.41, 5.74) is -1.66. The van der Waals surface area contributed by atoms with E-state index in [1.807, 2.05) is 0 Å². The van der Waals surface area contributed by atoms with E-state index in [0.29, 0.717) is 24.1 Å². The maximum atomic E-state index is 15.2. The van der Waals surface area contributed by atoms with E-state index in [0.717, 1.165) is 61.6 Å². The third-order valence-corrected chi connectivity index (χ3v) is 8.59. The number of halogens is 8. The van der Waals surface area contributed by atoms with Crippen LogP contribution in [0.4, 0.5) is 35.1 Å². The molecule has 0 aromatic heterocycles. The fraction of sp³-hybridized carbons (Fsp3) is 0.333. The van der Waals surface area contributed by atoms with Crippen molar-refractivity contribution < 1.29 is 39.9 Å². The van der Waals surface area contributed by atoms with Gasteiger partial charge in [0.05, 0.1) is 0 Å². The second-order valence-electron chi connectivity index (χ2n) is 11.7. The highest BCUT2D eigenvalue weighted by atomic mass is 19.3. The molecule has 4 aromatic rings. The molecule has 1 aliphatic carbocycles. The van der Waals surface area contributed by atoms with Gasteiger partial charge in [-0.15, -0.1) is 0 Å². The number of ether oxygens (including phenoxy) is 1. The maximum Gasteiger partial charge on any atom is 0.432 e. The van der Waals surface area contributed by atoms with E-state index < -0.39 is 52.3 Å². The topological polar surface area (TPSA) is 9.23 Å². The highest BCUT2D eigenvalue weighted by Gasteiger charge is 2.41. The Balaban J connectivity index is 1.31. The van der Waals surface area contributed by atoms with Gasteiger partial charge in [-0.1, -0.05) is 50.8 Å². The molecule has 0 aliphatic heterocycles. The summed E-state index contributed by atoms with van der Waals surface area (Å²) in [5.74, 6) is -7.51. The summed E-state index contributed by atoms with van der Waals surface area (Å²) in [7, 11) is 0. The van der Waals surface area contributed by atoms with Crippen molar-refractivity contribution in [2.24, 2.45) is 5.92 Å². The van der Waals surface area contributed by atoms with Gasteiger partial charge in [0.25, 0.3) is 0 Å². The van der Waals surface area contributed by atoms with Gasteiger partial charge in [0.15, 0.2) is 11.6 Å². The molecule has 1 saturated carbocycles. The highest BCUT2D eigenvalue weighted by Crippen LogP contribution is 2.41. The van der Waals surface area contributed by atoms with Gasteiger partial charge >= 0.3 is 6.11 Å². The van der Waals surface area contributed by atoms with Crippen LogP contribution in [0.3, 0.4) is 0 Å². The van der Waals surface area contributed by atoms with Crippen LogP contribution in [0.15, 0.2) is 66.7 Å². The molecule has 45 heavy (non-hydrogen) atoms. The summed E-state index contributed by atoms with van der Waals surface area (Å²) < 4.78 is 121. The first-order valence-corrected chi connectivity index (χ1v) is 15.1. The van der Waals surface area contributed by atoms with Gasteiger partial charge < -0.3 is 4.74 Å². The van der Waals surface area contributed by atoms with Crippen molar-refractivity contribution in [2.75, 3.05) is 0 Å². The zero-order chi connectivity index (χ0) is 32.3. The molecular formula is C36H32F8O. The van der Waals surface area contributed by atoms with Crippen LogP contribution in [0.25, 0.3) is 22.3 Å². The second-order valence-corrected chi connectivity index (χ2v) is 11.7. The molecule has 0 atom stereocenters. The molecule has 1 nitrogen and oxygen atoms in total. The second kappa shape index (κ2) is 13.6. The first-order valence-electron chi connectivity index (χ1n) is 15.1. The largest absolute Gasteiger partial charge is 0.432 e. The molecule has 238 valence electrons. The Morgan fingerprint density at radius 3 is 1.87 bits per heavy atom. The molecule has 0 saturated heterocycles. The van der Waals surface area contributed by atoms with Gasteiger partial charge in [-0.3, -0.25) is 0 Å². The van der Waals surface area contributed by atoms with E-state index >= 15 is 22.0 Å². The minimum absolute atomic E-state index is 0.0668. The quantitative estimate of drug-likeness (QED) is 0.125. The van der Waals surface area contributed by atoms with Gasteiger partial charge in [-0.25, -0.2) is 26.3 Å². The zero-order valence-electron chi connectivity index (χ0n) is 24.6. The van der Waals surface area contributed by atoms with Crippen LogP contribution in [0.5, 0.6) is 5.75 Å². The van der Waals surface area contributed by atoms with Crippen molar-refractivity contribution in [3.8, 4) is 28.0 Å². The summed E-state index contributed by atoms with van der Waals surface area (Å²) in [6.07, 6.45) is 4.22. The monoisotopic (exact) mass is 632 g/mol. The molecule has 1 fully saturated rings. The molecule has 0 radical (unpaired) electrons. The molecule has 0 heterocycles. The summed E-state index contributed by atoms with van der Waals surface area (Å²) in [5, 5.41) is 0. The summed E-state index contributed by atoms with van der Waals surface area (Å²) in [6.45, 7) is 2.17. The number of rotatable bonds is 10. The average Bonchev–Trinajstić information content (AvgIpc) is 2.98. The van der Waals surface area contributed by atoms with E-state index in [-0.39, 0.29) is 28.2 Å². The number of benzene rings is 4. The molecular weight excluding hydrogens is 600 g/mol. The van der Waals surface area contributed by atoms with Crippen molar-refractivity contribution in [1.29, 1.82) is 0 Å². The van der Waals surface area contributed by atoms with Gasteiger partial charge in [-0.2, -0.15) is 8.78 Å². The Labute approximate surface area is 256 Å². The van der Waals surface area contributed by atoms with Gasteiger partial charge in [0.2, 0.25) is 0 Å². The molecule has 9 heteroatoms. The van der Waals surface area contributed by atoms with Crippen molar-refractivity contribution in [3.05, 3.63) is 113 Å². The predicted octanol–water partition coefficient (Wildman–Crippen LogP) is 11.8.